The lowest BCUT2D eigenvalue weighted by atomic mass is 10.0. The highest BCUT2D eigenvalue weighted by Gasteiger charge is 2.31. The van der Waals surface area contributed by atoms with Gasteiger partial charge in [-0.3, -0.25) is 9.69 Å². The fraction of sp³-hybridized carbons (Fsp3) is 0.500. The van der Waals surface area contributed by atoms with E-state index in [1.807, 2.05) is 17.0 Å². The number of nitrogens with one attached hydrogen (secondary N) is 1. The van der Waals surface area contributed by atoms with Gasteiger partial charge in [0.2, 0.25) is 5.91 Å². The van der Waals surface area contributed by atoms with Crippen LogP contribution in [0.2, 0.25) is 5.02 Å². The predicted molar refractivity (Wildman–Crippen MR) is 76.3 cm³/mol. The van der Waals surface area contributed by atoms with Crippen molar-refractivity contribution in [2.24, 2.45) is 5.92 Å². The monoisotopic (exact) mass is 282 g/mol. The van der Waals surface area contributed by atoms with Gasteiger partial charge in [0.15, 0.2) is 0 Å². The highest BCUT2D eigenvalue weighted by atomic mass is 35.5. The average Bonchev–Trinajstić information content (AvgIpc) is 2.72. The third kappa shape index (κ3) is 3.47. The number of amides is 1. The number of nitrogens with zero attached hydrogens (tertiary/aromatic N) is 1. The Balaban J connectivity index is 1.93. The number of hydrogen-bond acceptors (Lipinski definition) is 3. The van der Waals surface area contributed by atoms with Gasteiger partial charge >= 0.3 is 0 Å². The van der Waals surface area contributed by atoms with Crippen molar-refractivity contribution in [1.82, 2.24) is 4.90 Å². The molecule has 2 atom stereocenters. The van der Waals surface area contributed by atoms with Gasteiger partial charge in [-0.2, -0.15) is 0 Å². The van der Waals surface area contributed by atoms with Gasteiger partial charge in [0, 0.05) is 6.04 Å². The van der Waals surface area contributed by atoms with Crippen LogP contribution in [0.25, 0.3) is 0 Å². The lowest BCUT2D eigenvalue weighted by Gasteiger charge is -2.24. The Morgan fingerprint density at radius 3 is 2.95 bits per heavy atom. The van der Waals surface area contributed by atoms with Crippen LogP contribution in [0.5, 0.6) is 0 Å². The Morgan fingerprint density at radius 1 is 1.53 bits per heavy atom. The predicted octanol–water partition coefficient (Wildman–Crippen LogP) is 1.98. The Bertz CT molecular complexity index is 453. The molecule has 0 spiro atoms. The highest BCUT2D eigenvalue weighted by molar-refractivity contribution is 6.33. The number of anilines is 1. The van der Waals surface area contributed by atoms with Gasteiger partial charge < -0.3 is 10.4 Å². The van der Waals surface area contributed by atoms with E-state index in [1.165, 1.54) is 0 Å². The van der Waals surface area contributed by atoms with Crippen LogP contribution >= 0.6 is 11.6 Å². The maximum Gasteiger partial charge on any atom is 0.238 e. The zero-order valence-corrected chi connectivity index (χ0v) is 11.7. The number of carbonyl (C=O) groups excluding carboxylic acids is 1. The molecule has 0 saturated carbocycles. The Kier molecular flexibility index (Phi) is 4.80. The van der Waals surface area contributed by atoms with E-state index < -0.39 is 0 Å². The van der Waals surface area contributed by atoms with Crippen LogP contribution < -0.4 is 5.32 Å². The van der Waals surface area contributed by atoms with Gasteiger partial charge in [-0.05, 0) is 31.0 Å². The van der Waals surface area contributed by atoms with E-state index in [9.17, 15) is 9.90 Å². The second-order valence-corrected chi connectivity index (χ2v) is 5.42. The summed E-state index contributed by atoms with van der Waals surface area (Å²) in [6, 6.07) is 7.25. The van der Waals surface area contributed by atoms with Crippen LogP contribution in [-0.4, -0.2) is 41.7 Å². The molecule has 2 rings (SSSR count). The molecule has 1 heterocycles. The second kappa shape index (κ2) is 6.37. The quantitative estimate of drug-likeness (QED) is 0.888. The van der Waals surface area contributed by atoms with Crippen molar-refractivity contribution in [1.29, 1.82) is 0 Å². The van der Waals surface area contributed by atoms with Gasteiger partial charge in [-0.1, -0.05) is 30.7 Å². The van der Waals surface area contributed by atoms with Crippen molar-refractivity contribution in [3.8, 4) is 0 Å². The molecular formula is C14H19ClN2O2. The normalized spacial score (nSPS) is 23.5. The summed E-state index contributed by atoms with van der Waals surface area (Å²) in [4.78, 5) is 14.0. The minimum Gasteiger partial charge on any atom is -0.395 e. The maximum absolute atomic E-state index is 12.0. The van der Waals surface area contributed by atoms with E-state index in [-0.39, 0.29) is 18.6 Å². The Labute approximate surface area is 118 Å². The lowest BCUT2D eigenvalue weighted by Crippen LogP contribution is -2.40. The van der Waals surface area contributed by atoms with Gasteiger partial charge in [-0.15, -0.1) is 0 Å². The van der Waals surface area contributed by atoms with Crippen molar-refractivity contribution in [2.75, 3.05) is 25.0 Å². The average molecular weight is 283 g/mol. The molecule has 1 aliphatic rings. The number of carbonyl (C=O) groups is 1. The smallest absolute Gasteiger partial charge is 0.238 e. The molecular weight excluding hydrogens is 264 g/mol. The number of halogens is 1. The largest absolute Gasteiger partial charge is 0.395 e. The Hall–Kier alpha value is -1.10. The zero-order valence-electron chi connectivity index (χ0n) is 11.0. The van der Waals surface area contributed by atoms with E-state index in [0.717, 1.165) is 13.0 Å². The molecule has 2 N–H and O–H groups in total. The topological polar surface area (TPSA) is 52.6 Å². The number of para-hydroxylation sites is 1. The molecule has 2 unspecified atom stereocenters. The number of likely N-dealkylation sites (tertiary alicyclic amines) is 1. The van der Waals surface area contributed by atoms with Crippen molar-refractivity contribution in [2.45, 2.75) is 19.4 Å². The van der Waals surface area contributed by atoms with Crippen molar-refractivity contribution >= 4 is 23.2 Å². The molecule has 0 radical (unpaired) electrons. The summed E-state index contributed by atoms with van der Waals surface area (Å²) in [7, 11) is 0. The standard InChI is InChI=1S/C14H19ClN2O2/c1-10-6-7-17(13(10)9-18)8-14(19)16-12-5-3-2-4-11(12)15/h2-5,10,13,18H,6-9H2,1H3,(H,16,19). The van der Waals surface area contributed by atoms with E-state index in [4.69, 9.17) is 11.6 Å². The minimum atomic E-state index is -0.0966. The number of aliphatic hydroxyl groups is 1. The number of aliphatic hydroxyl groups excluding tert-OH is 1. The zero-order chi connectivity index (χ0) is 13.8. The first-order valence-electron chi connectivity index (χ1n) is 6.51. The third-order valence-corrected chi connectivity index (χ3v) is 4.01. The molecule has 1 amide bonds. The molecule has 1 aliphatic heterocycles. The van der Waals surface area contributed by atoms with Crippen molar-refractivity contribution in [3.63, 3.8) is 0 Å². The van der Waals surface area contributed by atoms with Crippen LogP contribution in [0.3, 0.4) is 0 Å². The van der Waals surface area contributed by atoms with E-state index in [2.05, 4.69) is 12.2 Å². The van der Waals surface area contributed by atoms with E-state index in [0.29, 0.717) is 23.2 Å². The summed E-state index contributed by atoms with van der Waals surface area (Å²) in [6.45, 7) is 3.34. The highest BCUT2D eigenvalue weighted by Crippen LogP contribution is 2.24. The molecule has 1 saturated heterocycles. The lowest BCUT2D eigenvalue weighted by molar-refractivity contribution is -0.117. The first-order chi connectivity index (χ1) is 9.11. The van der Waals surface area contributed by atoms with Crippen molar-refractivity contribution in [3.05, 3.63) is 29.3 Å². The fourth-order valence-corrected chi connectivity index (χ4v) is 2.70. The second-order valence-electron chi connectivity index (χ2n) is 5.01. The summed E-state index contributed by atoms with van der Waals surface area (Å²) in [5, 5.41) is 12.7. The van der Waals surface area contributed by atoms with Gasteiger partial charge in [0.25, 0.3) is 0 Å². The van der Waals surface area contributed by atoms with Crippen LogP contribution in [-0.2, 0) is 4.79 Å². The van der Waals surface area contributed by atoms with Crippen LogP contribution in [0.1, 0.15) is 13.3 Å². The first kappa shape index (κ1) is 14.3. The molecule has 4 nitrogen and oxygen atoms in total. The molecule has 1 aromatic rings. The fourth-order valence-electron chi connectivity index (χ4n) is 2.52. The van der Waals surface area contributed by atoms with Crippen molar-refractivity contribution < 1.29 is 9.90 Å². The molecule has 0 aromatic heterocycles. The molecule has 1 aromatic carbocycles. The van der Waals surface area contributed by atoms with E-state index >= 15 is 0 Å². The van der Waals surface area contributed by atoms with E-state index in [1.54, 1.807) is 12.1 Å². The number of benzene rings is 1. The Morgan fingerprint density at radius 2 is 2.26 bits per heavy atom. The molecule has 19 heavy (non-hydrogen) atoms. The number of hydrogen-bond donors (Lipinski definition) is 2. The molecule has 1 fully saturated rings. The first-order valence-corrected chi connectivity index (χ1v) is 6.89. The molecule has 5 heteroatoms. The summed E-state index contributed by atoms with van der Waals surface area (Å²) >= 11 is 6.00. The molecule has 0 bridgehead atoms. The van der Waals surface area contributed by atoms with Gasteiger partial charge in [0.05, 0.1) is 23.9 Å². The third-order valence-electron chi connectivity index (χ3n) is 3.68. The van der Waals surface area contributed by atoms with Crippen LogP contribution in [0.4, 0.5) is 5.69 Å². The van der Waals surface area contributed by atoms with Crippen LogP contribution in [0, 0.1) is 5.92 Å². The van der Waals surface area contributed by atoms with Crippen LogP contribution in [0.15, 0.2) is 24.3 Å². The van der Waals surface area contributed by atoms with Gasteiger partial charge in [0.1, 0.15) is 0 Å². The van der Waals surface area contributed by atoms with Gasteiger partial charge in [-0.25, -0.2) is 0 Å². The molecule has 104 valence electrons. The number of rotatable bonds is 4. The maximum atomic E-state index is 12.0. The molecule has 0 aliphatic carbocycles. The summed E-state index contributed by atoms with van der Waals surface area (Å²) < 4.78 is 0. The summed E-state index contributed by atoms with van der Waals surface area (Å²) in [5.41, 5.74) is 0.627. The minimum absolute atomic E-state index is 0.0806. The SMILES string of the molecule is CC1CCN(CC(=O)Nc2ccccc2Cl)C1CO. The summed E-state index contributed by atoms with van der Waals surface area (Å²) in [6.07, 6.45) is 1.02. The summed E-state index contributed by atoms with van der Waals surface area (Å²) in [5.74, 6) is 0.332.